The largest absolute Gasteiger partial charge is 0.452 e. The molecule has 0 fully saturated rings. The van der Waals surface area contributed by atoms with Gasteiger partial charge in [-0.05, 0) is 109 Å². The van der Waals surface area contributed by atoms with Crippen molar-refractivity contribution in [2.75, 3.05) is 0 Å². The predicted molar refractivity (Wildman–Crippen MR) is 195 cm³/mol. The maximum absolute atomic E-state index is 9.68. The lowest BCUT2D eigenvalue weighted by molar-refractivity contribution is -0.0778. The lowest BCUT2D eigenvalue weighted by Gasteiger charge is -2.25. The highest BCUT2D eigenvalue weighted by atomic mass is 16.7. The van der Waals surface area contributed by atoms with Crippen LogP contribution in [0.25, 0.3) is 66.1 Å². The molecule has 1 aliphatic heterocycles. The summed E-state index contributed by atoms with van der Waals surface area (Å²) in [6.07, 6.45) is 0. The van der Waals surface area contributed by atoms with Crippen LogP contribution in [0.1, 0.15) is 36.1 Å². The third-order valence-corrected chi connectivity index (χ3v) is 9.49. The summed E-state index contributed by atoms with van der Waals surface area (Å²) in [6, 6.07) is 43.5. The van der Waals surface area contributed by atoms with E-state index in [4.69, 9.17) is 9.47 Å². The van der Waals surface area contributed by atoms with Crippen LogP contribution in [0, 0.1) is 45.3 Å². The molecule has 0 saturated carbocycles. The maximum atomic E-state index is 9.68. The van der Waals surface area contributed by atoms with E-state index in [0.29, 0.717) is 33.8 Å². The number of nitriles is 4. The Hall–Kier alpha value is -7.52. The molecule has 0 atom stereocenters. The van der Waals surface area contributed by atoms with E-state index in [1.54, 1.807) is 24.3 Å². The van der Waals surface area contributed by atoms with Crippen molar-refractivity contribution in [1.29, 1.82) is 21.0 Å². The molecule has 9 rings (SSSR count). The Morgan fingerprint density at radius 3 is 1.04 bits per heavy atom. The van der Waals surface area contributed by atoms with Crippen molar-refractivity contribution in [2.45, 2.75) is 19.6 Å². The molecule has 8 nitrogen and oxygen atoms in total. The molecular formula is C43H24N6O2. The van der Waals surface area contributed by atoms with E-state index in [0.717, 1.165) is 66.1 Å². The van der Waals surface area contributed by atoms with Gasteiger partial charge in [0.25, 0.3) is 0 Å². The van der Waals surface area contributed by atoms with Crippen LogP contribution >= 0.6 is 0 Å². The zero-order valence-electron chi connectivity index (χ0n) is 27.4. The summed E-state index contributed by atoms with van der Waals surface area (Å²) >= 11 is 0. The van der Waals surface area contributed by atoms with Gasteiger partial charge in [-0.1, -0.05) is 0 Å². The van der Waals surface area contributed by atoms with Gasteiger partial charge < -0.3 is 18.6 Å². The molecule has 0 unspecified atom stereocenters. The Labute approximate surface area is 292 Å². The van der Waals surface area contributed by atoms with Gasteiger partial charge in [-0.25, -0.2) is 0 Å². The average Bonchev–Trinajstić information content (AvgIpc) is 3.61. The second kappa shape index (κ2) is 10.7. The molecule has 8 aromatic rings. The third-order valence-electron chi connectivity index (χ3n) is 9.49. The smallest absolute Gasteiger partial charge is 0.245 e. The summed E-state index contributed by atoms with van der Waals surface area (Å²) < 4.78 is 17.2. The summed E-state index contributed by atoms with van der Waals surface area (Å²) in [7, 11) is 0. The first-order valence-corrected chi connectivity index (χ1v) is 16.2. The lowest BCUT2D eigenvalue weighted by atomic mass is 10.0. The monoisotopic (exact) mass is 656 g/mol. The average molecular weight is 657 g/mol. The van der Waals surface area contributed by atoms with Crippen molar-refractivity contribution in [1.82, 2.24) is 9.13 Å². The number of ether oxygens (including phenoxy) is 2. The normalized spacial score (nSPS) is 12.9. The molecule has 8 heteroatoms. The minimum absolute atomic E-state index is 0.540. The van der Waals surface area contributed by atoms with Gasteiger partial charge in [-0.3, -0.25) is 0 Å². The minimum Gasteiger partial charge on any atom is -0.452 e. The van der Waals surface area contributed by atoms with E-state index < -0.39 is 5.79 Å². The molecule has 238 valence electrons. The Kier molecular flexibility index (Phi) is 6.24. The summed E-state index contributed by atoms with van der Waals surface area (Å²) in [5, 5.41) is 42.2. The zero-order valence-corrected chi connectivity index (χ0v) is 27.4. The van der Waals surface area contributed by atoms with Crippen LogP contribution < -0.4 is 9.47 Å². The van der Waals surface area contributed by atoms with Gasteiger partial charge in [-0.2, -0.15) is 21.0 Å². The van der Waals surface area contributed by atoms with Gasteiger partial charge in [-0.15, -0.1) is 0 Å². The van der Waals surface area contributed by atoms with Crippen LogP contribution in [0.3, 0.4) is 0 Å². The second-order valence-electron chi connectivity index (χ2n) is 13.0. The number of benzene rings is 6. The summed E-state index contributed by atoms with van der Waals surface area (Å²) in [5.74, 6) is 0.336. The molecular weight excluding hydrogens is 633 g/mol. The van der Waals surface area contributed by atoms with Crippen molar-refractivity contribution < 1.29 is 9.47 Å². The fraction of sp³-hybridized carbons (Fsp3) is 0.0698. The highest BCUT2D eigenvalue weighted by molar-refractivity contribution is 6.11. The van der Waals surface area contributed by atoms with Crippen LogP contribution in [0.5, 0.6) is 11.5 Å². The van der Waals surface area contributed by atoms with Crippen molar-refractivity contribution in [3.05, 3.63) is 131 Å². The van der Waals surface area contributed by atoms with Crippen LogP contribution in [-0.4, -0.2) is 14.9 Å². The Morgan fingerprint density at radius 1 is 0.431 bits per heavy atom. The summed E-state index contributed by atoms with van der Waals surface area (Å²) in [4.78, 5) is 0. The Morgan fingerprint density at radius 2 is 0.745 bits per heavy atom. The second-order valence-corrected chi connectivity index (χ2v) is 13.0. The number of fused-ring (bicyclic) bond motifs is 9. The number of nitrogens with zero attached hydrogens (tertiary/aromatic N) is 6. The summed E-state index contributed by atoms with van der Waals surface area (Å²) in [5.41, 5.74) is 9.15. The first kappa shape index (κ1) is 29.6. The number of rotatable bonds is 2. The van der Waals surface area contributed by atoms with Crippen molar-refractivity contribution >= 4 is 43.6 Å². The van der Waals surface area contributed by atoms with E-state index in [1.807, 2.05) is 86.6 Å². The van der Waals surface area contributed by atoms with Crippen LogP contribution in [0.4, 0.5) is 0 Å². The minimum atomic E-state index is -0.967. The molecule has 1 aliphatic rings. The molecule has 0 saturated heterocycles. The zero-order chi connectivity index (χ0) is 35.0. The topological polar surface area (TPSA) is 123 Å². The molecule has 0 radical (unpaired) electrons. The van der Waals surface area contributed by atoms with Crippen molar-refractivity contribution in [3.63, 3.8) is 0 Å². The molecule has 0 amide bonds. The predicted octanol–water partition coefficient (Wildman–Crippen LogP) is 9.54. The Bertz CT molecular complexity index is 2660. The van der Waals surface area contributed by atoms with Crippen molar-refractivity contribution in [3.8, 4) is 58.3 Å². The third kappa shape index (κ3) is 4.49. The molecule has 51 heavy (non-hydrogen) atoms. The van der Waals surface area contributed by atoms with E-state index in [9.17, 15) is 21.0 Å². The van der Waals surface area contributed by atoms with Gasteiger partial charge in [0.1, 0.15) is 11.5 Å². The van der Waals surface area contributed by atoms with Gasteiger partial charge in [0.15, 0.2) is 0 Å². The highest BCUT2D eigenvalue weighted by Gasteiger charge is 2.30. The van der Waals surface area contributed by atoms with Crippen LogP contribution in [-0.2, 0) is 0 Å². The number of hydrogen-bond donors (Lipinski definition) is 0. The van der Waals surface area contributed by atoms with Gasteiger partial charge in [0.2, 0.25) is 5.79 Å². The summed E-state index contributed by atoms with van der Waals surface area (Å²) in [6.45, 7) is 3.76. The van der Waals surface area contributed by atoms with E-state index in [1.165, 1.54) is 0 Å². The fourth-order valence-corrected chi connectivity index (χ4v) is 7.34. The van der Waals surface area contributed by atoms with Crippen molar-refractivity contribution in [2.24, 2.45) is 0 Å². The quantitative estimate of drug-likeness (QED) is 0.183. The Balaban J connectivity index is 1.31. The van der Waals surface area contributed by atoms with E-state index in [-0.39, 0.29) is 0 Å². The number of hydrogen-bond acceptors (Lipinski definition) is 6. The first-order chi connectivity index (χ1) is 24.8. The fourth-order valence-electron chi connectivity index (χ4n) is 7.34. The molecule has 2 aromatic heterocycles. The SMILES string of the molecule is CC1(C)Oc2ccc(-n3c4ccc(C#N)cc4c4cc(C#N)ccc43)cc2-c2cc(-n3c4ccc(C#N)cc4c4cc(C#N)ccc43)ccc2O1. The lowest BCUT2D eigenvalue weighted by Crippen LogP contribution is -2.34. The molecule has 0 aliphatic carbocycles. The standard InChI is InChI=1S/C43H24N6O2/c1-43(2)50-41-13-7-29(48-37-9-3-25(21-44)15-31(37)32-16-26(22-45)4-10-38(32)48)19-35(41)36-20-30(8-14-42(36)51-43)49-39-11-5-27(23-46)17-33(39)34-18-28(24-47)6-12-40(34)49/h3-20H,1-2H3. The molecule has 0 spiro atoms. The first-order valence-electron chi connectivity index (χ1n) is 16.2. The molecule has 0 bridgehead atoms. The maximum Gasteiger partial charge on any atom is 0.245 e. The molecule has 6 aromatic carbocycles. The van der Waals surface area contributed by atoms with E-state index >= 15 is 0 Å². The molecule has 3 heterocycles. The van der Waals surface area contributed by atoms with Crippen LogP contribution in [0.2, 0.25) is 0 Å². The van der Waals surface area contributed by atoms with Gasteiger partial charge >= 0.3 is 0 Å². The number of aromatic nitrogens is 2. The van der Waals surface area contributed by atoms with Gasteiger partial charge in [0, 0.05) is 57.9 Å². The molecule has 0 N–H and O–H groups in total. The highest BCUT2D eigenvalue weighted by Crippen LogP contribution is 2.46. The van der Waals surface area contributed by atoms with Gasteiger partial charge in [0.05, 0.1) is 68.6 Å². The van der Waals surface area contributed by atoms with E-state index in [2.05, 4.69) is 45.5 Å². The van der Waals surface area contributed by atoms with Crippen LogP contribution in [0.15, 0.2) is 109 Å².